The number of imidazole rings is 1. The number of nitrogens with one attached hydrogen (secondary N) is 4. The molecule has 0 saturated heterocycles. The Morgan fingerprint density at radius 3 is 2.33 bits per heavy atom. The summed E-state index contributed by atoms with van der Waals surface area (Å²) in [5.41, 5.74) is 9.24. The van der Waals surface area contributed by atoms with Crippen LogP contribution < -0.4 is 38.4 Å². The van der Waals surface area contributed by atoms with E-state index in [4.69, 9.17) is 23.1 Å². The minimum atomic E-state index is -1.58. The number of aliphatic carboxylic acids is 1. The summed E-state index contributed by atoms with van der Waals surface area (Å²) >= 11 is 5.64. The van der Waals surface area contributed by atoms with Gasteiger partial charge in [0.05, 0.1) is 19.2 Å². The first-order valence-corrected chi connectivity index (χ1v) is 14.2. The van der Waals surface area contributed by atoms with Crippen LogP contribution in [0, 0.1) is 5.92 Å². The van der Waals surface area contributed by atoms with Crippen LogP contribution >= 0.6 is 11.6 Å². The third-order valence-corrected chi connectivity index (χ3v) is 6.40. The third kappa shape index (κ3) is 10.4. The number of amides is 4. The summed E-state index contributed by atoms with van der Waals surface area (Å²) in [7, 11) is 0. The number of fused-ring (bicyclic) bond motifs is 1. The standard InChI is InChI=1S/C24H37ClN12O8/c1-11(2)15(19(40)29-9-14(39)31-13(22(43)44)5-4-7-28-23(26)27)32-20(41)16(12(3)38)33-21(42)17-18-34-35-37(8-6-25)24(45)36(18)10-30-17/h10-13,15-16,38H,4-9H2,1-3H3,(H,29,40)(H,31,39)(H,32,41)(H,33,42)(H,43,44)(H4,26,27,28)/t12-,13+,15+,16+/m1/s1. The lowest BCUT2D eigenvalue weighted by Crippen LogP contribution is -2.59. The molecule has 0 aromatic carbocycles. The molecule has 4 atom stereocenters. The van der Waals surface area contributed by atoms with E-state index in [2.05, 4.69) is 41.6 Å². The second-order valence-electron chi connectivity index (χ2n) is 10.1. The molecule has 10 N–H and O–H groups in total. The molecule has 0 aliphatic heterocycles. The van der Waals surface area contributed by atoms with Gasteiger partial charge in [0.1, 0.15) is 24.5 Å². The van der Waals surface area contributed by atoms with Crippen molar-refractivity contribution in [3.8, 4) is 0 Å². The minimum absolute atomic E-state index is 0.0241. The van der Waals surface area contributed by atoms with Gasteiger partial charge >= 0.3 is 11.7 Å². The molecule has 2 aromatic rings. The zero-order chi connectivity index (χ0) is 33.8. The smallest absolute Gasteiger partial charge is 0.353 e. The molecule has 20 nitrogen and oxygen atoms in total. The van der Waals surface area contributed by atoms with E-state index in [0.29, 0.717) is 0 Å². The maximum absolute atomic E-state index is 13.1. The Morgan fingerprint density at radius 2 is 1.76 bits per heavy atom. The zero-order valence-electron chi connectivity index (χ0n) is 24.8. The first-order chi connectivity index (χ1) is 21.2. The number of alkyl halides is 1. The number of nitrogens with zero attached hydrogens (tertiary/aromatic N) is 6. The zero-order valence-corrected chi connectivity index (χ0v) is 25.5. The Morgan fingerprint density at radius 1 is 1.07 bits per heavy atom. The lowest BCUT2D eigenvalue weighted by atomic mass is 10.0. The van der Waals surface area contributed by atoms with Crippen LogP contribution in [0.15, 0.2) is 16.1 Å². The van der Waals surface area contributed by atoms with Crippen molar-refractivity contribution in [1.29, 1.82) is 0 Å². The molecule has 2 rings (SSSR count). The van der Waals surface area contributed by atoms with Crippen molar-refractivity contribution in [2.45, 2.75) is 64.4 Å². The summed E-state index contributed by atoms with van der Waals surface area (Å²) in [6, 6.07) is -4.06. The van der Waals surface area contributed by atoms with E-state index in [1.165, 1.54) is 6.92 Å². The molecule has 2 aromatic heterocycles. The van der Waals surface area contributed by atoms with E-state index in [1.807, 2.05) is 0 Å². The summed E-state index contributed by atoms with van der Waals surface area (Å²) < 4.78 is 1.93. The number of aliphatic hydroxyl groups excluding tert-OH is 1. The Labute approximate surface area is 261 Å². The van der Waals surface area contributed by atoms with Crippen LogP contribution in [0.1, 0.15) is 44.1 Å². The van der Waals surface area contributed by atoms with Crippen molar-refractivity contribution in [2.24, 2.45) is 22.4 Å². The molecule has 4 amide bonds. The molecule has 0 spiro atoms. The number of carbonyl (C=O) groups excluding carboxylic acids is 4. The fraction of sp³-hybridized carbons (Fsp3) is 0.583. The molecule has 0 aliphatic carbocycles. The van der Waals surface area contributed by atoms with Gasteiger partial charge in [-0.1, -0.05) is 19.1 Å². The van der Waals surface area contributed by atoms with E-state index >= 15 is 0 Å². The average molecular weight is 657 g/mol. The van der Waals surface area contributed by atoms with Crippen LogP contribution in [0.25, 0.3) is 5.65 Å². The highest BCUT2D eigenvalue weighted by Crippen LogP contribution is 2.07. The van der Waals surface area contributed by atoms with Gasteiger partial charge in [-0.15, -0.1) is 16.7 Å². The van der Waals surface area contributed by atoms with Crippen molar-refractivity contribution in [3.05, 3.63) is 22.5 Å². The SMILES string of the molecule is CC(C)[C@H](NC(=O)[C@@H](NC(=O)c1ncn2c(=O)n(CCCl)nnc12)[C@@H](C)O)C(=O)NCC(=O)N[C@@H](CCCN=C(N)N)C(=O)O. The molecule has 0 bridgehead atoms. The Hall–Kier alpha value is -4.85. The van der Waals surface area contributed by atoms with Crippen molar-refractivity contribution in [3.63, 3.8) is 0 Å². The maximum atomic E-state index is 13.1. The quantitative estimate of drug-likeness (QED) is 0.0348. The Bertz CT molecular complexity index is 1470. The van der Waals surface area contributed by atoms with E-state index < -0.39 is 72.0 Å². The van der Waals surface area contributed by atoms with Gasteiger partial charge in [0.25, 0.3) is 5.91 Å². The molecule has 0 fully saturated rings. The summed E-state index contributed by atoms with van der Waals surface area (Å²) in [4.78, 5) is 82.9. The highest BCUT2D eigenvalue weighted by atomic mass is 35.5. The van der Waals surface area contributed by atoms with Gasteiger partial charge in [-0.05, 0) is 25.7 Å². The summed E-state index contributed by atoms with van der Waals surface area (Å²) in [6.07, 6.45) is -0.111. The number of nitrogens with two attached hydrogens (primary N) is 2. The van der Waals surface area contributed by atoms with E-state index in [0.717, 1.165) is 15.4 Å². The maximum Gasteiger partial charge on any atom is 0.353 e. The third-order valence-electron chi connectivity index (χ3n) is 6.23. The van der Waals surface area contributed by atoms with Crippen molar-refractivity contribution in [1.82, 2.24) is 45.6 Å². The number of carboxylic acid groups (broad SMARTS) is 1. The van der Waals surface area contributed by atoms with Gasteiger partial charge in [-0.2, -0.15) is 4.68 Å². The lowest BCUT2D eigenvalue weighted by Gasteiger charge is -2.26. The number of rotatable bonds is 17. The molecule has 0 radical (unpaired) electrons. The number of aliphatic imine (C=N–C) groups is 1. The fourth-order valence-electron chi connectivity index (χ4n) is 3.89. The van der Waals surface area contributed by atoms with E-state index in [9.17, 15) is 39.0 Å². The number of guanidine groups is 1. The molecule has 248 valence electrons. The number of halogens is 1. The van der Waals surface area contributed by atoms with Crippen LogP contribution in [0.2, 0.25) is 0 Å². The first-order valence-electron chi connectivity index (χ1n) is 13.7. The number of carboxylic acids is 1. The first kappa shape index (κ1) is 36.3. The molecule has 2 heterocycles. The van der Waals surface area contributed by atoms with Crippen molar-refractivity contribution >= 4 is 52.8 Å². The summed E-state index contributed by atoms with van der Waals surface area (Å²) in [5.74, 6) is -5.37. The van der Waals surface area contributed by atoms with Crippen LogP contribution in [0.5, 0.6) is 0 Å². The van der Waals surface area contributed by atoms with Gasteiger partial charge in [0.2, 0.25) is 17.7 Å². The number of carbonyl (C=O) groups is 5. The topological polar surface area (TPSA) is 303 Å². The number of hydrogen-bond acceptors (Lipinski definition) is 11. The lowest BCUT2D eigenvalue weighted by molar-refractivity contribution is -0.142. The van der Waals surface area contributed by atoms with Crippen molar-refractivity contribution < 1.29 is 34.2 Å². The van der Waals surface area contributed by atoms with Gasteiger partial charge < -0.3 is 42.9 Å². The van der Waals surface area contributed by atoms with Crippen LogP contribution in [-0.4, -0.2) is 113 Å². The molecule has 21 heteroatoms. The van der Waals surface area contributed by atoms with E-state index in [-0.39, 0.29) is 49.1 Å². The van der Waals surface area contributed by atoms with Crippen LogP contribution in [0.4, 0.5) is 0 Å². The number of aliphatic hydroxyl groups is 1. The second kappa shape index (κ2) is 16.9. The fourth-order valence-corrected chi connectivity index (χ4v) is 4.05. The predicted molar refractivity (Wildman–Crippen MR) is 158 cm³/mol. The highest BCUT2D eigenvalue weighted by Gasteiger charge is 2.33. The number of aryl methyl sites for hydroxylation is 1. The molecule has 0 aliphatic rings. The van der Waals surface area contributed by atoms with Crippen LogP contribution in [-0.2, 0) is 25.7 Å². The highest BCUT2D eigenvalue weighted by molar-refractivity contribution is 6.17. The summed E-state index contributed by atoms with van der Waals surface area (Å²) in [6.45, 7) is 4.05. The monoisotopic (exact) mass is 656 g/mol. The van der Waals surface area contributed by atoms with Gasteiger partial charge in [0.15, 0.2) is 17.3 Å². The van der Waals surface area contributed by atoms with Gasteiger partial charge in [0, 0.05) is 12.4 Å². The Balaban J connectivity index is 2.05. The average Bonchev–Trinajstić information content (AvgIpc) is 3.40. The molecule has 0 saturated carbocycles. The summed E-state index contributed by atoms with van der Waals surface area (Å²) in [5, 5.41) is 36.5. The van der Waals surface area contributed by atoms with Gasteiger partial charge in [-0.25, -0.2) is 19.0 Å². The van der Waals surface area contributed by atoms with E-state index in [1.54, 1.807) is 13.8 Å². The van der Waals surface area contributed by atoms with Crippen LogP contribution in [0.3, 0.4) is 0 Å². The number of aromatic nitrogens is 5. The minimum Gasteiger partial charge on any atom is -0.480 e. The molecule has 45 heavy (non-hydrogen) atoms. The molecule has 0 unspecified atom stereocenters. The second-order valence-corrected chi connectivity index (χ2v) is 10.5. The molecular formula is C24H37ClN12O8. The normalized spacial score (nSPS) is 13.7. The predicted octanol–water partition coefficient (Wildman–Crippen LogP) is -4.12. The Kier molecular flexibility index (Phi) is 13.6. The van der Waals surface area contributed by atoms with Crippen molar-refractivity contribution in [2.75, 3.05) is 19.0 Å². The number of hydrogen-bond donors (Lipinski definition) is 8. The molecular weight excluding hydrogens is 620 g/mol. The van der Waals surface area contributed by atoms with Gasteiger partial charge in [-0.3, -0.25) is 24.2 Å². The largest absolute Gasteiger partial charge is 0.480 e.